The van der Waals surface area contributed by atoms with Crippen molar-refractivity contribution < 1.29 is 17.8 Å². The van der Waals surface area contributed by atoms with E-state index in [0.717, 1.165) is 6.08 Å². The first-order valence-electron chi connectivity index (χ1n) is 2.92. The zero-order valence-electron chi connectivity index (χ0n) is 6.17. The van der Waals surface area contributed by atoms with Gasteiger partial charge in [0.05, 0.1) is 5.41 Å². The van der Waals surface area contributed by atoms with Crippen LogP contribution in [0.5, 0.6) is 0 Å². The molecule has 0 heterocycles. The highest BCUT2D eigenvalue weighted by molar-refractivity contribution is 7.88. The molecule has 66 valence electrons. The van der Waals surface area contributed by atoms with Crippen LogP contribution in [-0.4, -0.2) is 19.3 Å². The fourth-order valence-corrected chi connectivity index (χ4v) is 0.652. The van der Waals surface area contributed by atoms with E-state index >= 15 is 0 Å². The summed E-state index contributed by atoms with van der Waals surface area (Å²) in [6, 6.07) is 0. The third kappa shape index (κ3) is 6.91. The Hall–Kier alpha value is -1.20. The standard InChI is InChI=1S/C7H8O4S/c1-7(6-8)4-2-3-5-12(9,10)11/h2-6H,1H2,(H,9,10,11). The molecule has 0 fully saturated rings. The summed E-state index contributed by atoms with van der Waals surface area (Å²) < 4.78 is 28.4. The van der Waals surface area contributed by atoms with Gasteiger partial charge in [0.25, 0.3) is 10.1 Å². The highest BCUT2D eigenvalue weighted by atomic mass is 32.2. The Kier molecular flexibility index (Phi) is 4.17. The summed E-state index contributed by atoms with van der Waals surface area (Å²) in [4.78, 5) is 9.95. The molecule has 0 aliphatic heterocycles. The van der Waals surface area contributed by atoms with Gasteiger partial charge in [-0.2, -0.15) is 8.42 Å². The third-order valence-electron chi connectivity index (χ3n) is 0.823. The quantitative estimate of drug-likeness (QED) is 0.305. The molecule has 0 unspecified atom stereocenters. The van der Waals surface area contributed by atoms with E-state index in [9.17, 15) is 13.2 Å². The van der Waals surface area contributed by atoms with Gasteiger partial charge in [0.2, 0.25) is 0 Å². The van der Waals surface area contributed by atoms with E-state index in [1.807, 2.05) is 0 Å². The van der Waals surface area contributed by atoms with Crippen molar-refractivity contribution in [2.75, 3.05) is 0 Å². The Morgan fingerprint density at radius 2 is 1.92 bits per heavy atom. The van der Waals surface area contributed by atoms with Crippen LogP contribution in [-0.2, 0) is 14.9 Å². The maximum atomic E-state index is 10.1. The molecular weight excluding hydrogens is 180 g/mol. The molecule has 0 aromatic carbocycles. The van der Waals surface area contributed by atoms with Gasteiger partial charge in [0.1, 0.15) is 6.29 Å². The molecule has 0 saturated carbocycles. The molecule has 1 N–H and O–H groups in total. The first-order chi connectivity index (χ1) is 5.45. The molecule has 0 aromatic heterocycles. The average molecular weight is 188 g/mol. The van der Waals surface area contributed by atoms with Gasteiger partial charge >= 0.3 is 0 Å². The molecule has 0 spiro atoms. The Morgan fingerprint density at radius 3 is 2.33 bits per heavy atom. The molecule has 0 atom stereocenters. The minimum Gasteiger partial charge on any atom is -0.298 e. The fourth-order valence-electron chi connectivity index (χ4n) is 0.363. The van der Waals surface area contributed by atoms with Gasteiger partial charge in [-0.1, -0.05) is 18.7 Å². The molecular formula is C7H8O4S. The molecule has 0 amide bonds. The monoisotopic (exact) mass is 188 g/mol. The van der Waals surface area contributed by atoms with Gasteiger partial charge in [0.15, 0.2) is 0 Å². The van der Waals surface area contributed by atoms with Crippen molar-refractivity contribution in [3.8, 4) is 0 Å². The van der Waals surface area contributed by atoms with Crippen LogP contribution in [0, 0.1) is 0 Å². The summed E-state index contributed by atoms with van der Waals surface area (Å²) in [5, 5.41) is 0.599. The van der Waals surface area contributed by atoms with Crippen LogP contribution in [0.2, 0.25) is 0 Å². The van der Waals surface area contributed by atoms with E-state index in [1.165, 1.54) is 12.2 Å². The molecule has 5 heteroatoms. The highest BCUT2D eigenvalue weighted by Crippen LogP contribution is 1.90. The van der Waals surface area contributed by atoms with Crippen molar-refractivity contribution in [2.45, 2.75) is 0 Å². The molecule has 0 aliphatic carbocycles. The van der Waals surface area contributed by atoms with Crippen LogP contribution in [0.15, 0.2) is 35.8 Å². The van der Waals surface area contributed by atoms with Crippen LogP contribution in [0.3, 0.4) is 0 Å². The summed E-state index contributed by atoms with van der Waals surface area (Å²) in [7, 11) is -4.08. The van der Waals surface area contributed by atoms with Crippen LogP contribution in [0.4, 0.5) is 0 Å². The normalized spacial score (nSPS) is 12.4. The first kappa shape index (κ1) is 10.8. The second-order valence-corrected chi connectivity index (χ2v) is 3.20. The number of hydrogen-bond acceptors (Lipinski definition) is 3. The summed E-state index contributed by atoms with van der Waals surface area (Å²) in [5.74, 6) is 0. The predicted molar refractivity (Wildman–Crippen MR) is 45.0 cm³/mol. The van der Waals surface area contributed by atoms with E-state index in [1.54, 1.807) is 0 Å². The van der Waals surface area contributed by atoms with Crippen molar-refractivity contribution in [1.82, 2.24) is 0 Å². The second kappa shape index (κ2) is 4.63. The Bertz CT molecular complexity index is 321. The average Bonchev–Trinajstić information content (AvgIpc) is 1.96. The zero-order valence-corrected chi connectivity index (χ0v) is 6.99. The highest BCUT2D eigenvalue weighted by Gasteiger charge is 1.91. The van der Waals surface area contributed by atoms with Crippen molar-refractivity contribution in [3.63, 3.8) is 0 Å². The topological polar surface area (TPSA) is 71.4 Å². The lowest BCUT2D eigenvalue weighted by Crippen LogP contribution is -1.88. The van der Waals surface area contributed by atoms with E-state index in [0.29, 0.717) is 11.7 Å². The maximum Gasteiger partial charge on any atom is 0.287 e. The zero-order chi connectivity index (χ0) is 9.61. The maximum absolute atomic E-state index is 10.1. The smallest absolute Gasteiger partial charge is 0.287 e. The largest absolute Gasteiger partial charge is 0.298 e. The molecule has 0 aliphatic rings. The van der Waals surface area contributed by atoms with Gasteiger partial charge in [-0.15, -0.1) is 0 Å². The number of aldehydes is 1. The SMILES string of the molecule is C=C(C=O)C=CC=CS(=O)(=O)O. The van der Waals surface area contributed by atoms with Crippen molar-refractivity contribution in [3.05, 3.63) is 35.8 Å². The lowest BCUT2D eigenvalue weighted by molar-refractivity contribution is -0.104. The summed E-state index contributed by atoms with van der Waals surface area (Å²) >= 11 is 0. The Morgan fingerprint density at radius 1 is 1.33 bits per heavy atom. The van der Waals surface area contributed by atoms with E-state index < -0.39 is 10.1 Å². The second-order valence-electron chi connectivity index (χ2n) is 1.90. The van der Waals surface area contributed by atoms with Crippen molar-refractivity contribution >= 4 is 16.4 Å². The number of allylic oxidation sites excluding steroid dienone is 4. The minimum atomic E-state index is -4.08. The molecule has 12 heavy (non-hydrogen) atoms. The minimum absolute atomic E-state index is 0.218. The van der Waals surface area contributed by atoms with Gasteiger partial charge in [-0.25, -0.2) is 0 Å². The molecule has 0 saturated heterocycles. The van der Waals surface area contributed by atoms with E-state index in [-0.39, 0.29) is 5.57 Å². The van der Waals surface area contributed by atoms with Gasteiger partial charge < -0.3 is 0 Å². The lowest BCUT2D eigenvalue weighted by Gasteiger charge is -1.81. The molecule has 4 nitrogen and oxygen atoms in total. The Balaban J connectivity index is 4.17. The lowest BCUT2D eigenvalue weighted by atomic mass is 10.3. The van der Waals surface area contributed by atoms with Crippen LogP contribution < -0.4 is 0 Å². The summed E-state index contributed by atoms with van der Waals surface area (Å²) in [6.45, 7) is 3.31. The fraction of sp³-hybridized carbons (Fsp3) is 0. The first-order valence-corrected chi connectivity index (χ1v) is 4.42. The van der Waals surface area contributed by atoms with Crippen LogP contribution >= 0.6 is 0 Å². The van der Waals surface area contributed by atoms with Crippen molar-refractivity contribution in [1.29, 1.82) is 0 Å². The van der Waals surface area contributed by atoms with Crippen molar-refractivity contribution in [2.24, 2.45) is 0 Å². The summed E-state index contributed by atoms with van der Waals surface area (Å²) in [6.07, 6.45) is 4.21. The molecule has 0 rings (SSSR count). The van der Waals surface area contributed by atoms with Gasteiger partial charge in [-0.3, -0.25) is 9.35 Å². The number of hydrogen-bond donors (Lipinski definition) is 1. The number of carbonyl (C=O) groups is 1. The summed E-state index contributed by atoms with van der Waals surface area (Å²) in [5.41, 5.74) is 0.218. The number of carbonyl (C=O) groups excluding carboxylic acids is 1. The van der Waals surface area contributed by atoms with E-state index in [2.05, 4.69) is 6.58 Å². The van der Waals surface area contributed by atoms with E-state index in [4.69, 9.17) is 4.55 Å². The molecule has 0 aromatic rings. The van der Waals surface area contributed by atoms with Gasteiger partial charge in [0, 0.05) is 5.57 Å². The third-order valence-corrected chi connectivity index (χ3v) is 1.32. The predicted octanol–water partition coefficient (Wildman–Crippen LogP) is 0.699. The molecule has 0 radical (unpaired) electrons. The van der Waals surface area contributed by atoms with Crippen LogP contribution in [0.1, 0.15) is 0 Å². The Labute approximate surface area is 70.7 Å². The number of rotatable bonds is 4. The molecule has 0 bridgehead atoms. The van der Waals surface area contributed by atoms with Crippen LogP contribution in [0.25, 0.3) is 0 Å². The van der Waals surface area contributed by atoms with Gasteiger partial charge in [-0.05, 0) is 6.08 Å².